The molecule has 9 heteroatoms. The Bertz CT molecular complexity index is 761. The molecule has 2 N–H and O–H groups in total. The van der Waals surface area contributed by atoms with Crippen LogP contribution in [0.1, 0.15) is 30.8 Å². The van der Waals surface area contributed by atoms with Gasteiger partial charge in [-0.3, -0.25) is 14.3 Å². The molecule has 25 heavy (non-hydrogen) atoms. The van der Waals surface area contributed by atoms with Gasteiger partial charge in [-0.1, -0.05) is 19.1 Å². The Morgan fingerprint density at radius 3 is 2.60 bits per heavy atom. The van der Waals surface area contributed by atoms with Gasteiger partial charge < -0.3 is 10.6 Å². The lowest BCUT2D eigenvalue weighted by Crippen LogP contribution is -2.29. The smallest absolute Gasteiger partial charge is 0.241 e. The summed E-state index contributed by atoms with van der Waals surface area (Å²) in [5.41, 5.74) is 3.24. The van der Waals surface area contributed by atoms with E-state index in [0.29, 0.717) is 12.4 Å². The Hall–Kier alpha value is -2.71. The van der Waals surface area contributed by atoms with Crippen LogP contribution in [0.3, 0.4) is 0 Å². The monoisotopic (exact) mass is 347 g/mol. The fraction of sp³-hybridized carbons (Fsp3) is 0.562. The molecule has 2 heterocycles. The molecule has 0 bridgehead atoms. The molecule has 2 rings (SSSR count). The number of aromatic nitrogens is 5. The molecule has 0 radical (unpaired) electrons. The summed E-state index contributed by atoms with van der Waals surface area (Å²) in [6, 6.07) is 0. The fourth-order valence-corrected chi connectivity index (χ4v) is 2.41. The molecule has 0 atom stereocenters. The van der Waals surface area contributed by atoms with E-state index in [9.17, 15) is 9.59 Å². The lowest BCUT2D eigenvalue weighted by atomic mass is 10.1. The minimum atomic E-state index is -0.161. The summed E-state index contributed by atoms with van der Waals surface area (Å²) in [5.74, 6) is -0.106. The van der Waals surface area contributed by atoms with Gasteiger partial charge in [0.25, 0.3) is 0 Å². The van der Waals surface area contributed by atoms with E-state index in [1.54, 1.807) is 13.8 Å². The number of nitrogens with zero attached hydrogens (tertiary/aromatic N) is 5. The number of hydrogen-bond acceptors (Lipinski definition) is 5. The summed E-state index contributed by atoms with van der Waals surface area (Å²) in [6.07, 6.45) is 2.26. The molecule has 0 spiro atoms. The molecular formula is C16H25N7O2. The molecule has 0 aliphatic carbocycles. The van der Waals surface area contributed by atoms with Crippen molar-refractivity contribution in [2.75, 3.05) is 11.9 Å². The molecule has 0 saturated carbocycles. The summed E-state index contributed by atoms with van der Waals surface area (Å²) in [5, 5.41) is 17.5. The first-order valence-corrected chi connectivity index (χ1v) is 8.24. The second-order valence-corrected chi connectivity index (χ2v) is 6.32. The molecule has 0 unspecified atom stereocenters. The van der Waals surface area contributed by atoms with Crippen molar-refractivity contribution in [2.45, 2.75) is 40.7 Å². The first kappa shape index (κ1) is 18.6. The molecule has 2 aromatic rings. The van der Waals surface area contributed by atoms with Gasteiger partial charge in [0.05, 0.1) is 11.9 Å². The van der Waals surface area contributed by atoms with Crippen LogP contribution in [0.4, 0.5) is 5.82 Å². The quantitative estimate of drug-likeness (QED) is 0.762. The first-order chi connectivity index (χ1) is 11.8. The summed E-state index contributed by atoms with van der Waals surface area (Å²) >= 11 is 0. The molecule has 0 aliphatic rings. The standard InChI is InChI=1S/C16H25N7O2/c1-10(2)16(25)18-14-8-23(21-19-14)9-15(24)17-7-6-13-11(3)20-22(5)12(13)4/h8,10H,6-7,9H2,1-5H3,(H,17,24)(H,18,25). The SMILES string of the molecule is Cc1nn(C)c(C)c1CCNC(=O)Cn1cc(NC(=O)C(C)C)nn1. The molecule has 9 nitrogen and oxygen atoms in total. The van der Waals surface area contributed by atoms with Gasteiger partial charge in [-0.25, -0.2) is 4.68 Å². The number of carbonyl (C=O) groups is 2. The minimum Gasteiger partial charge on any atom is -0.354 e. The maximum atomic E-state index is 12.0. The van der Waals surface area contributed by atoms with Gasteiger partial charge in [-0.15, -0.1) is 5.10 Å². The molecule has 136 valence electrons. The third kappa shape index (κ3) is 4.88. The van der Waals surface area contributed by atoms with E-state index in [1.165, 1.54) is 10.9 Å². The van der Waals surface area contributed by atoms with Crippen molar-refractivity contribution in [1.29, 1.82) is 0 Å². The Morgan fingerprint density at radius 2 is 2.00 bits per heavy atom. The summed E-state index contributed by atoms with van der Waals surface area (Å²) in [7, 11) is 1.91. The van der Waals surface area contributed by atoms with Crippen LogP contribution >= 0.6 is 0 Å². The zero-order valence-corrected chi connectivity index (χ0v) is 15.3. The maximum Gasteiger partial charge on any atom is 0.241 e. The largest absolute Gasteiger partial charge is 0.354 e. The van der Waals surface area contributed by atoms with E-state index in [4.69, 9.17) is 0 Å². The van der Waals surface area contributed by atoms with Crippen LogP contribution in [0.15, 0.2) is 6.20 Å². The Morgan fingerprint density at radius 1 is 1.28 bits per heavy atom. The number of amides is 2. The summed E-state index contributed by atoms with van der Waals surface area (Å²) < 4.78 is 3.24. The third-order valence-corrected chi connectivity index (χ3v) is 3.98. The van der Waals surface area contributed by atoms with E-state index >= 15 is 0 Å². The van der Waals surface area contributed by atoms with Crippen molar-refractivity contribution in [1.82, 2.24) is 30.1 Å². The number of hydrogen-bond donors (Lipinski definition) is 2. The summed E-state index contributed by atoms with van der Waals surface area (Å²) in [6.45, 7) is 8.14. The second-order valence-electron chi connectivity index (χ2n) is 6.32. The molecule has 0 fully saturated rings. The highest BCUT2D eigenvalue weighted by Gasteiger charge is 2.12. The topological polar surface area (TPSA) is 107 Å². The van der Waals surface area contributed by atoms with Gasteiger partial charge in [0.15, 0.2) is 5.82 Å². The zero-order valence-electron chi connectivity index (χ0n) is 15.3. The first-order valence-electron chi connectivity index (χ1n) is 8.24. The summed E-state index contributed by atoms with van der Waals surface area (Å²) in [4.78, 5) is 23.6. The number of rotatable bonds is 7. The highest BCUT2D eigenvalue weighted by atomic mass is 16.2. The van der Waals surface area contributed by atoms with Gasteiger partial charge in [-0.2, -0.15) is 5.10 Å². The average molecular weight is 347 g/mol. The molecule has 2 amide bonds. The van der Waals surface area contributed by atoms with Gasteiger partial charge in [0.2, 0.25) is 11.8 Å². The van der Waals surface area contributed by atoms with Crippen molar-refractivity contribution in [3.8, 4) is 0 Å². The normalized spacial score (nSPS) is 11.0. The number of anilines is 1. The Balaban J connectivity index is 1.81. The zero-order chi connectivity index (χ0) is 18.6. The predicted octanol–water partition coefficient (Wildman–Crippen LogP) is 0.582. The fourth-order valence-electron chi connectivity index (χ4n) is 2.41. The van der Waals surface area contributed by atoms with Crippen molar-refractivity contribution in [2.24, 2.45) is 13.0 Å². The maximum absolute atomic E-state index is 12.0. The average Bonchev–Trinajstić information content (AvgIpc) is 3.06. The van der Waals surface area contributed by atoms with Crippen molar-refractivity contribution in [3.05, 3.63) is 23.1 Å². The molecule has 2 aromatic heterocycles. The molecule has 0 saturated heterocycles. The van der Waals surface area contributed by atoms with E-state index < -0.39 is 0 Å². The van der Waals surface area contributed by atoms with E-state index in [0.717, 1.165) is 23.4 Å². The van der Waals surface area contributed by atoms with Crippen LogP contribution in [0.5, 0.6) is 0 Å². The second kappa shape index (κ2) is 7.91. The van der Waals surface area contributed by atoms with E-state index in [-0.39, 0.29) is 24.3 Å². The highest BCUT2D eigenvalue weighted by Crippen LogP contribution is 2.11. The van der Waals surface area contributed by atoms with Crippen LogP contribution in [0, 0.1) is 19.8 Å². The van der Waals surface area contributed by atoms with Crippen molar-refractivity contribution >= 4 is 17.6 Å². The van der Waals surface area contributed by atoms with E-state index in [2.05, 4.69) is 26.0 Å². The molecule has 0 aliphatic heterocycles. The van der Waals surface area contributed by atoms with Crippen LogP contribution in [0.2, 0.25) is 0 Å². The molecule has 0 aromatic carbocycles. The number of aryl methyl sites for hydroxylation is 2. The van der Waals surface area contributed by atoms with Crippen molar-refractivity contribution < 1.29 is 9.59 Å². The van der Waals surface area contributed by atoms with E-state index in [1.807, 2.05) is 25.6 Å². The lowest BCUT2D eigenvalue weighted by Gasteiger charge is -2.06. The van der Waals surface area contributed by atoms with Crippen LogP contribution < -0.4 is 10.6 Å². The number of nitrogens with one attached hydrogen (secondary N) is 2. The Kier molecular flexibility index (Phi) is 5.89. The molecular weight excluding hydrogens is 322 g/mol. The van der Waals surface area contributed by atoms with Crippen LogP contribution in [-0.2, 0) is 29.6 Å². The third-order valence-electron chi connectivity index (χ3n) is 3.98. The lowest BCUT2D eigenvalue weighted by molar-refractivity contribution is -0.122. The minimum absolute atomic E-state index is 0.0511. The van der Waals surface area contributed by atoms with Gasteiger partial charge in [0, 0.05) is 25.2 Å². The van der Waals surface area contributed by atoms with Crippen LogP contribution in [-0.4, -0.2) is 43.1 Å². The van der Waals surface area contributed by atoms with Crippen molar-refractivity contribution in [3.63, 3.8) is 0 Å². The number of carbonyl (C=O) groups excluding carboxylic acids is 2. The Labute approximate surface area is 146 Å². The van der Waals surface area contributed by atoms with Gasteiger partial charge >= 0.3 is 0 Å². The highest BCUT2D eigenvalue weighted by molar-refractivity contribution is 5.90. The van der Waals surface area contributed by atoms with Crippen LogP contribution in [0.25, 0.3) is 0 Å². The van der Waals surface area contributed by atoms with Gasteiger partial charge in [0.1, 0.15) is 6.54 Å². The predicted molar refractivity (Wildman–Crippen MR) is 92.9 cm³/mol. The van der Waals surface area contributed by atoms with Gasteiger partial charge in [-0.05, 0) is 25.8 Å².